The minimum absolute atomic E-state index is 0.447. The Kier molecular flexibility index (Phi) is 5.27. The predicted molar refractivity (Wildman–Crippen MR) is 74.2 cm³/mol. The van der Waals surface area contributed by atoms with Crippen LogP contribution >= 0.6 is 47.8 Å². The van der Waals surface area contributed by atoms with E-state index in [0.29, 0.717) is 26.0 Å². The van der Waals surface area contributed by atoms with Crippen LogP contribution < -0.4 is 9.47 Å². The summed E-state index contributed by atoms with van der Waals surface area (Å²) >= 11 is 9.73. The van der Waals surface area contributed by atoms with Gasteiger partial charge in [-0.2, -0.15) is 0 Å². The Morgan fingerprint density at radius 2 is 1.82 bits per heavy atom. The van der Waals surface area contributed by atoms with E-state index < -0.39 is 10.8 Å². The van der Waals surface area contributed by atoms with Crippen molar-refractivity contribution in [3.05, 3.63) is 20.6 Å². The highest BCUT2D eigenvalue weighted by molar-refractivity contribution is 9.11. The van der Waals surface area contributed by atoms with Crippen molar-refractivity contribution in [3.63, 3.8) is 0 Å². The molecular formula is C10H9Br3O4. The Bertz CT molecular complexity index is 448. The monoisotopic (exact) mass is 430 g/mol. The maximum absolute atomic E-state index is 11.0. The molecule has 0 aromatic heterocycles. The Labute approximate surface area is 124 Å². The molecule has 0 fully saturated rings. The number of rotatable bonds is 4. The topological polar surface area (TPSA) is 55.8 Å². The molecule has 17 heavy (non-hydrogen) atoms. The zero-order chi connectivity index (χ0) is 13.2. The molecule has 0 saturated heterocycles. The summed E-state index contributed by atoms with van der Waals surface area (Å²) in [6.07, 6.45) is 0. The van der Waals surface area contributed by atoms with E-state index in [0.717, 1.165) is 0 Å². The fourth-order valence-corrected chi connectivity index (χ4v) is 3.24. The number of hydrogen-bond acceptors (Lipinski definition) is 3. The number of benzene rings is 1. The molecule has 94 valence electrons. The fourth-order valence-electron chi connectivity index (χ4n) is 1.29. The summed E-state index contributed by atoms with van der Waals surface area (Å²) in [5.41, 5.74) is 0.544. The molecule has 0 aliphatic heterocycles. The van der Waals surface area contributed by atoms with Crippen molar-refractivity contribution in [2.75, 3.05) is 14.2 Å². The van der Waals surface area contributed by atoms with Crippen LogP contribution in [0.3, 0.4) is 0 Å². The first-order valence-electron chi connectivity index (χ1n) is 4.40. The number of alkyl halides is 1. The number of ether oxygens (including phenoxy) is 2. The first-order valence-corrected chi connectivity index (χ1v) is 6.91. The molecule has 1 aromatic carbocycles. The van der Waals surface area contributed by atoms with Crippen molar-refractivity contribution >= 4 is 53.8 Å². The summed E-state index contributed by atoms with van der Waals surface area (Å²) in [6, 6.07) is 1.67. The molecule has 0 spiro atoms. The highest BCUT2D eigenvalue weighted by Gasteiger charge is 2.24. The molecule has 7 heteroatoms. The van der Waals surface area contributed by atoms with Crippen LogP contribution in [0.15, 0.2) is 15.0 Å². The molecule has 1 aromatic rings. The molecule has 0 amide bonds. The highest BCUT2D eigenvalue weighted by atomic mass is 79.9. The van der Waals surface area contributed by atoms with E-state index in [-0.39, 0.29) is 0 Å². The number of hydrogen-bond donors (Lipinski definition) is 1. The van der Waals surface area contributed by atoms with Crippen molar-refractivity contribution in [2.24, 2.45) is 0 Å². The second-order valence-corrected chi connectivity index (χ2v) is 5.59. The quantitative estimate of drug-likeness (QED) is 0.736. The fraction of sp³-hybridized carbons (Fsp3) is 0.300. The molecule has 0 bridgehead atoms. The SMILES string of the molecule is COc1c(Br)cc(C(Br)C(=O)O)c(Br)c1OC. The third kappa shape index (κ3) is 2.95. The first kappa shape index (κ1) is 14.8. The molecule has 1 N–H and O–H groups in total. The average molecular weight is 433 g/mol. The van der Waals surface area contributed by atoms with Crippen LogP contribution in [0.2, 0.25) is 0 Å². The van der Waals surface area contributed by atoms with Crippen LogP contribution in [0.1, 0.15) is 10.4 Å². The summed E-state index contributed by atoms with van der Waals surface area (Å²) in [5.74, 6) is -0.0272. The second-order valence-electron chi connectivity index (χ2n) is 3.03. The largest absolute Gasteiger partial charge is 0.492 e. The third-order valence-corrected chi connectivity index (χ3v) is 4.35. The lowest BCUT2D eigenvalue weighted by atomic mass is 10.1. The summed E-state index contributed by atoms with van der Waals surface area (Å²) in [4.78, 5) is 10.1. The number of carboxylic acids is 1. The molecular weight excluding hydrogens is 424 g/mol. The number of carbonyl (C=O) groups is 1. The third-order valence-electron chi connectivity index (χ3n) is 2.06. The van der Waals surface area contributed by atoms with Crippen molar-refractivity contribution in [1.29, 1.82) is 0 Å². The molecule has 4 nitrogen and oxygen atoms in total. The normalized spacial score (nSPS) is 12.1. The maximum atomic E-state index is 11.0. The van der Waals surface area contributed by atoms with Gasteiger partial charge in [-0.3, -0.25) is 4.79 Å². The minimum atomic E-state index is -0.982. The summed E-state index contributed by atoms with van der Waals surface area (Å²) in [5, 5.41) is 8.99. The van der Waals surface area contributed by atoms with Crippen molar-refractivity contribution in [3.8, 4) is 11.5 Å². The van der Waals surface area contributed by atoms with Gasteiger partial charge in [0.05, 0.1) is 23.2 Å². The Morgan fingerprint density at radius 3 is 2.24 bits per heavy atom. The number of aliphatic carboxylic acids is 1. The van der Waals surface area contributed by atoms with E-state index >= 15 is 0 Å². The van der Waals surface area contributed by atoms with Gasteiger partial charge in [0.25, 0.3) is 0 Å². The van der Waals surface area contributed by atoms with Gasteiger partial charge in [0.15, 0.2) is 11.5 Å². The lowest BCUT2D eigenvalue weighted by molar-refractivity contribution is -0.136. The van der Waals surface area contributed by atoms with Crippen LogP contribution in [0.25, 0.3) is 0 Å². The smallest absolute Gasteiger partial charge is 0.321 e. The van der Waals surface area contributed by atoms with Gasteiger partial charge >= 0.3 is 5.97 Å². The van der Waals surface area contributed by atoms with Gasteiger partial charge in [0.1, 0.15) is 4.83 Å². The van der Waals surface area contributed by atoms with Gasteiger partial charge in [0.2, 0.25) is 0 Å². The van der Waals surface area contributed by atoms with E-state index in [1.807, 2.05) is 0 Å². The standard InChI is InChI=1S/C10H9Br3O4/c1-16-8-5(11)3-4(7(13)10(14)15)6(12)9(8)17-2/h3,7H,1-2H3,(H,14,15). The van der Waals surface area contributed by atoms with Gasteiger partial charge in [-0.15, -0.1) is 0 Å². The van der Waals surface area contributed by atoms with Gasteiger partial charge in [-0.05, 0) is 43.5 Å². The van der Waals surface area contributed by atoms with E-state index in [1.54, 1.807) is 6.07 Å². The zero-order valence-corrected chi connectivity index (χ0v) is 13.7. The average Bonchev–Trinajstić information content (AvgIpc) is 2.29. The molecule has 1 rings (SSSR count). The molecule has 1 unspecified atom stereocenters. The summed E-state index contributed by atoms with van der Waals surface area (Å²) < 4.78 is 11.6. The Balaban J connectivity index is 3.45. The van der Waals surface area contributed by atoms with Crippen LogP contribution in [-0.4, -0.2) is 25.3 Å². The minimum Gasteiger partial charge on any atom is -0.492 e. The van der Waals surface area contributed by atoms with E-state index in [1.165, 1.54) is 14.2 Å². The number of methoxy groups -OCH3 is 2. The molecule has 0 aliphatic rings. The van der Waals surface area contributed by atoms with Crippen LogP contribution in [0.5, 0.6) is 11.5 Å². The van der Waals surface area contributed by atoms with Gasteiger partial charge in [-0.1, -0.05) is 15.9 Å². The highest BCUT2D eigenvalue weighted by Crippen LogP contribution is 2.46. The number of carboxylic acid groups (broad SMARTS) is 1. The predicted octanol–water partition coefficient (Wildman–Crippen LogP) is 3.75. The lowest BCUT2D eigenvalue weighted by Crippen LogP contribution is -2.06. The van der Waals surface area contributed by atoms with E-state index in [4.69, 9.17) is 14.6 Å². The zero-order valence-electron chi connectivity index (χ0n) is 8.96. The molecule has 0 heterocycles. The van der Waals surface area contributed by atoms with Crippen LogP contribution in [0, 0.1) is 0 Å². The Morgan fingerprint density at radius 1 is 1.29 bits per heavy atom. The van der Waals surface area contributed by atoms with E-state index in [9.17, 15) is 4.79 Å². The van der Waals surface area contributed by atoms with Crippen molar-refractivity contribution < 1.29 is 19.4 Å². The van der Waals surface area contributed by atoms with Crippen molar-refractivity contribution in [2.45, 2.75) is 4.83 Å². The van der Waals surface area contributed by atoms with Gasteiger partial charge in [0, 0.05) is 0 Å². The Hall–Kier alpha value is -0.270. The maximum Gasteiger partial charge on any atom is 0.321 e. The molecule has 0 saturated carbocycles. The number of halogens is 3. The van der Waals surface area contributed by atoms with Gasteiger partial charge in [-0.25, -0.2) is 0 Å². The van der Waals surface area contributed by atoms with E-state index in [2.05, 4.69) is 47.8 Å². The molecule has 0 aliphatic carbocycles. The summed E-state index contributed by atoms with van der Waals surface area (Å²) in [6.45, 7) is 0. The molecule has 0 radical (unpaired) electrons. The van der Waals surface area contributed by atoms with Crippen molar-refractivity contribution in [1.82, 2.24) is 0 Å². The first-order chi connectivity index (χ1) is 7.93. The van der Waals surface area contributed by atoms with Gasteiger partial charge < -0.3 is 14.6 Å². The summed E-state index contributed by atoms with van der Waals surface area (Å²) in [7, 11) is 3.00. The molecule has 1 atom stereocenters. The van der Waals surface area contributed by atoms with Crippen LogP contribution in [0.4, 0.5) is 0 Å². The second kappa shape index (κ2) is 6.06. The van der Waals surface area contributed by atoms with Crippen LogP contribution in [-0.2, 0) is 4.79 Å². The lowest BCUT2D eigenvalue weighted by Gasteiger charge is -2.16.